The molecule has 0 saturated carbocycles. The average molecular weight is 270 g/mol. The molecule has 1 N–H and O–H groups in total. The summed E-state index contributed by atoms with van der Waals surface area (Å²) in [5.74, 6) is -0.0225. The Morgan fingerprint density at radius 3 is 2.21 bits per heavy atom. The number of Topliss-reactive ketones (excluding diaryl/α,β-unsaturated/α-hetero) is 1. The summed E-state index contributed by atoms with van der Waals surface area (Å²) in [5, 5.41) is 3.08. The van der Waals surface area contributed by atoms with E-state index in [0.717, 1.165) is 6.42 Å². The monoisotopic (exact) mass is 270 g/mol. The van der Waals surface area contributed by atoms with Crippen LogP contribution in [-0.4, -0.2) is 42.8 Å². The first-order valence-corrected chi connectivity index (χ1v) is 7.04. The van der Waals surface area contributed by atoms with Gasteiger partial charge in [-0.05, 0) is 6.42 Å². The van der Waals surface area contributed by atoms with E-state index in [0.29, 0.717) is 0 Å². The van der Waals surface area contributed by atoms with Crippen molar-refractivity contribution in [2.24, 2.45) is 5.92 Å². The van der Waals surface area contributed by atoms with E-state index >= 15 is 0 Å². The minimum Gasteiger partial charge on any atom is -0.337 e. The zero-order valence-corrected chi connectivity index (χ0v) is 13.3. The molecule has 112 valence electrons. The van der Waals surface area contributed by atoms with Crippen molar-refractivity contribution in [3.8, 4) is 0 Å². The van der Waals surface area contributed by atoms with Crippen molar-refractivity contribution in [1.82, 2.24) is 10.2 Å². The molecule has 1 amide bonds. The number of likely N-dealkylation sites (N-methyl/N-ethyl adjacent to an activating group) is 1. The second-order valence-corrected chi connectivity index (χ2v) is 4.50. The number of ketones is 1. The van der Waals surface area contributed by atoms with Gasteiger partial charge in [0.15, 0.2) is 5.78 Å². The summed E-state index contributed by atoms with van der Waals surface area (Å²) < 4.78 is 0. The number of carbonyl (C=O) groups excluding carboxylic acids is 2. The van der Waals surface area contributed by atoms with Crippen LogP contribution in [0, 0.1) is 5.92 Å². The van der Waals surface area contributed by atoms with Crippen molar-refractivity contribution < 1.29 is 9.59 Å². The second-order valence-electron chi connectivity index (χ2n) is 4.50. The van der Waals surface area contributed by atoms with Crippen LogP contribution in [0.3, 0.4) is 0 Å². The van der Waals surface area contributed by atoms with Crippen LogP contribution in [0.5, 0.6) is 0 Å². The van der Waals surface area contributed by atoms with Gasteiger partial charge in [-0.3, -0.25) is 9.59 Å². The first-order valence-electron chi connectivity index (χ1n) is 7.04. The SMILES string of the molecule is C=CC(CC)NCC(=O)N(C)CC(=O)C(C)C.CC. The number of nitrogens with one attached hydrogen (secondary N) is 1. The van der Waals surface area contributed by atoms with E-state index in [4.69, 9.17) is 0 Å². The largest absolute Gasteiger partial charge is 0.337 e. The Bertz CT molecular complexity index is 275. The van der Waals surface area contributed by atoms with Crippen molar-refractivity contribution in [2.45, 2.75) is 47.1 Å². The van der Waals surface area contributed by atoms with E-state index in [1.807, 2.05) is 34.6 Å². The van der Waals surface area contributed by atoms with E-state index < -0.39 is 0 Å². The van der Waals surface area contributed by atoms with E-state index in [1.54, 1.807) is 13.1 Å². The lowest BCUT2D eigenvalue weighted by Crippen LogP contribution is -2.41. The van der Waals surface area contributed by atoms with Crippen LogP contribution < -0.4 is 5.32 Å². The number of amides is 1. The second kappa shape index (κ2) is 11.9. The Kier molecular flexibility index (Phi) is 12.6. The van der Waals surface area contributed by atoms with Gasteiger partial charge in [-0.1, -0.05) is 40.7 Å². The highest BCUT2D eigenvalue weighted by atomic mass is 16.2. The predicted octanol–water partition coefficient (Wildman–Crippen LogP) is 2.25. The lowest BCUT2D eigenvalue weighted by Gasteiger charge is -2.19. The molecule has 0 aliphatic carbocycles. The molecule has 1 atom stereocenters. The van der Waals surface area contributed by atoms with E-state index in [2.05, 4.69) is 11.9 Å². The Labute approximate surface area is 118 Å². The summed E-state index contributed by atoms with van der Waals surface area (Å²) >= 11 is 0. The lowest BCUT2D eigenvalue weighted by atomic mass is 10.1. The van der Waals surface area contributed by atoms with Crippen molar-refractivity contribution in [2.75, 3.05) is 20.1 Å². The molecule has 4 nitrogen and oxygen atoms in total. The van der Waals surface area contributed by atoms with Crippen LogP contribution in [0.4, 0.5) is 0 Å². The van der Waals surface area contributed by atoms with Crippen LogP contribution in [0.2, 0.25) is 0 Å². The molecule has 0 bridgehead atoms. The molecule has 0 heterocycles. The third-order valence-electron chi connectivity index (χ3n) is 2.70. The molecule has 1 unspecified atom stereocenters. The number of nitrogens with zero attached hydrogens (tertiary/aromatic N) is 1. The fraction of sp³-hybridized carbons (Fsp3) is 0.733. The van der Waals surface area contributed by atoms with Crippen LogP contribution >= 0.6 is 0 Å². The summed E-state index contributed by atoms with van der Waals surface area (Å²) in [4.78, 5) is 24.7. The van der Waals surface area contributed by atoms with Gasteiger partial charge >= 0.3 is 0 Å². The van der Waals surface area contributed by atoms with Crippen molar-refractivity contribution in [1.29, 1.82) is 0 Å². The first-order chi connectivity index (χ1) is 8.92. The molecule has 0 radical (unpaired) electrons. The number of rotatable bonds is 8. The normalized spacial score (nSPS) is 11.3. The smallest absolute Gasteiger partial charge is 0.236 e. The highest BCUT2D eigenvalue weighted by Gasteiger charge is 2.15. The fourth-order valence-electron chi connectivity index (χ4n) is 1.25. The topological polar surface area (TPSA) is 49.4 Å². The third kappa shape index (κ3) is 9.42. The molecule has 0 fully saturated rings. The van der Waals surface area contributed by atoms with Gasteiger partial charge in [-0.25, -0.2) is 0 Å². The summed E-state index contributed by atoms with van der Waals surface area (Å²) in [5.41, 5.74) is 0. The quantitative estimate of drug-likeness (QED) is 0.688. The van der Waals surface area contributed by atoms with E-state index in [-0.39, 0.29) is 36.7 Å². The summed E-state index contributed by atoms with van der Waals surface area (Å²) in [7, 11) is 1.65. The molecule has 0 aromatic heterocycles. The minimum absolute atomic E-state index is 0.0326. The Morgan fingerprint density at radius 2 is 1.84 bits per heavy atom. The maximum Gasteiger partial charge on any atom is 0.236 e. The molecule has 0 aliphatic rings. The molecular formula is C15H30N2O2. The fourth-order valence-corrected chi connectivity index (χ4v) is 1.25. The molecular weight excluding hydrogens is 240 g/mol. The maximum absolute atomic E-state index is 11.7. The Morgan fingerprint density at radius 1 is 1.32 bits per heavy atom. The molecule has 0 rings (SSSR count). The van der Waals surface area contributed by atoms with Gasteiger partial charge in [0.2, 0.25) is 5.91 Å². The first kappa shape index (κ1) is 20.2. The molecule has 4 heteroatoms. The van der Waals surface area contributed by atoms with Crippen LogP contribution in [0.25, 0.3) is 0 Å². The minimum atomic E-state index is -0.0701. The van der Waals surface area contributed by atoms with Gasteiger partial charge in [-0.15, -0.1) is 6.58 Å². The van der Waals surface area contributed by atoms with E-state index in [1.165, 1.54) is 4.90 Å². The van der Waals surface area contributed by atoms with Crippen molar-refractivity contribution in [3.05, 3.63) is 12.7 Å². The molecule has 0 saturated heterocycles. The molecule has 0 aromatic rings. The highest BCUT2D eigenvalue weighted by molar-refractivity contribution is 5.87. The maximum atomic E-state index is 11.7. The Balaban J connectivity index is 0. The van der Waals surface area contributed by atoms with Gasteiger partial charge in [0.05, 0.1) is 13.1 Å². The number of carbonyl (C=O) groups is 2. The zero-order valence-electron chi connectivity index (χ0n) is 13.3. The van der Waals surface area contributed by atoms with Crippen molar-refractivity contribution >= 4 is 11.7 Å². The predicted molar refractivity (Wildman–Crippen MR) is 81.1 cm³/mol. The summed E-state index contributed by atoms with van der Waals surface area (Å²) in [6.45, 7) is 13.8. The van der Waals surface area contributed by atoms with Crippen LogP contribution in [-0.2, 0) is 9.59 Å². The van der Waals surface area contributed by atoms with Gasteiger partial charge < -0.3 is 10.2 Å². The average Bonchev–Trinajstić information content (AvgIpc) is 2.41. The highest BCUT2D eigenvalue weighted by Crippen LogP contribution is 1.97. The van der Waals surface area contributed by atoms with Crippen LogP contribution in [0.15, 0.2) is 12.7 Å². The molecule has 0 spiro atoms. The van der Waals surface area contributed by atoms with Crippen molar-refractivity contribution in [3.63, 3.8) is 0 Å². The van der Waals surface area contributed by atoms with Gasteiger partial charge in [-0.2, -0.15) is 0 Å². The Hall–Kier alpha value is -1.16. The lowest BCUT2D eigenvalue weighted by molar-refractivity contribution is -0.134. The van der Waals surface area contributed by atoms with E-state index in [9.17, 15) is 9.59 Å². The third-order valence-corrected chi connectivity index (χ3v) is 2.70. The van der Waals surface area contributed by atoms with Gasteiger partial charge in [0.25, 0.3) is 0 Å². The van der Waals surface area contributed by atoms with Gasteiger partial charge in [0, 0.05) is 19.0 Å². The molecule has 19 heavy (non-hydrogen) atoms. The molecule has 0 aliphatic heterocycles. The summed E-state index contributed by atoms with van der Waals surface area (Å²) in [6.07, 6.45) is 2.68. The molecule has 0 aromatic carbocycles. The van der Waals surface area contributed by atoms with Gasteiger partial charge in [0.1, 0.15) is 0 Å². The number of hydrogen-bond acceptors (Lipinski definition) is 3. The van der Waals surface area contributed by atoms with Crippen LogP contribution in [0.1, 0.15) is 41.0 Å². The number of hydrogen-bond donors (Lipinski definition) is 1. The zero-order chi connectivity index (χ0) is 15.4. The summed E-state index contributed by atoms with van der Waals surface area (Å²) in [6, 6.07) is 0.146. The standard InChI is InChI=1S/C13H24N2O2.C2H6/c1-6-11(7-2)14-8-13(17)15(5)9-12(16)10(3)4;1-2/h6,10-11,14H,1,7-9H2,2-5H3;1-2H3.